The van der Waals surface area contributed by atoms with E-state index in [9.17, 15) is 4.79 Å². The van der Waals surface area contributed by atoms with Gasteiger partial charge in [-0.25, -0.2) is 0 Å². The molecule has 1 fully saturated rings. The third-order valence-electron chi connectivity index (χ3n) is 7.30. The molecule has 0 saturated carbocycles. The van der Waals surface area contributed by atoms with E-state index in [1.54, 1.807) is 11.8 Å². The van der Waals surface area contributed by atoms with Crippen molar-refractivity contribution in [1.82, 2.24) is 5.32 Å². The number of quaternary nitrogens is 1. The zero-order valence-corrected chi connectivity index (χ0v) is 21.0. The quantitative estimate of drug-likeness (QED) is 0.350. The molecule has 0 atom stereocenters. The van der Waals surface area contributed by atoms with Gasteiger partial charge in [-0.3, -0.25) is 4.79 Å². The first-order chi connectivity index (χ1) is 14.7. The number of nitrogens with one attached hydrogen (secondary N) is 1. The molecule has 2 heterocycles. The minimum atomic E-state index is 0. The van der Waals surface area contributed by atoms with Gasteiger partial charge >= 0.3 is 0 Å². The van der Waals surface area contributed by atoms with Crippen LogP contribution in [0.25, 0.3) is 11.0 Å². The zero-order valence-electron chi connectivity index (χ0n) is 18.9. The maximum atomic E-state index is 12.7. The van der Waals surface area contributed by atoms with Crippen LogP contribution in [0.5, 0.6) is 0 Å². The summed E-state index contributed by atoms with van der Waals surface area (Å²) in [5.41, 5.74) is 3.59. The molecular formula is C26H37IN2O2. The summed E-state index contributed by atoms with van der Waals surface area (Å²) in [5, 5.41) is 4.36. The summed E-state index contributed by atoms with van der Waals surface area (Å²) in [4.78, 5) is 12.7. The van der Waals surface area contributed by atoms with Crippen molar-refractivity contribution in [1.29, 1.82) is 0 Å². The molecule has 1 amide bonds. The van der Waals surface area contributed by atoms with Crippen molar-refractivity contribution < 1.29 is 37.7 Å². The Labute approximate surface area is 204 Å². The number of halogens is 1. The van der Waals surface area contributed by atoms with Crippen LogP contribution in [0.2, 0.25) is 0 Å². The lowest BCUT2D eigenvalue weighted by Crippen LogP contribution is -3.00. The Kier molecular flexibility index (Phi) is 9.02. The van der Waals surface area contributed by atoms with Crippen LogP contribution in [0.3, 0.4) is 0 Å². The van der Waals surface area contributed by atoms with Gasteiger partial charge in [0.1, 0.15) is 12.1 Å². The van der Waals surface area contributed by atoms with E-state index in [2.05, 4.69) is 18.3 Å². The molecule has 170 valence electrons. The molecule has 1 aromatic heterocycles. The van der Waals surface area contributed by atoms with Crippen LogP contribution in [0.4, 0.5) is 0 Å². The maximum Gasteiger partial charge on any atom is 0.224 e. The van der Waals surface area contributed by atoms with E-state index < -0.39 is 0 Å². The van der Waals surface area contributed by atoms with E-state index >= 15 is 0 Å². The van der Waals surface area contributed by atoms with Crippen molar-refractivity contribution >= 4 is 16.9 Å². The number of likely N-dealkylation sites (tertiary alicyclic amines) is 1. The summed E-state index contributed by atoms with van der Waals surface area (Å²) in [6.07, 6.45) is 14.9. The number of nitrogens with zero attached hydrogens (tertiary/aromatic N) is 1. The Bertz CT molecular complexity index is 880. The lowest BCUT2D eigenvalue weighted by atomic mass is 9.96. The van der Waals surface area contributed by atoms with Crippen LogP contribution >= 0.6 is 0 Å². The summed E-state index contributed by atoms with van der Waals surface area (Å²) in [5.74, 6) is 0.132. The first-order valence-electron chi connectivity index (χ1n) is 11.9. The molecule has 1 aliphatic carbocycles. The Morgan fingerprint density at radius 2 is 1.94 bits per heavy atom. The van der Waals surface area contributed by atoms with Gasteiger partial charge in [-0.2, -0.15) is 0 Å². The van der Waals surface area contributed by atoms with Crippen molar-refractivity contribution in [3.8, 4) is 0 Å². The van der Waals surface area contributed by atoms with Crippen molar-refractivity contribution in [2.75, 3.05) is 26.2 Å². The zero-order chi connectivity index (χ0) is 20.8. The topological polar surface area (TPSA) is 42.2 Å². The van der Waals surface area contributed by atoms with Gasteiger partial charge < -0.3 is 38.2 Å². The Hall–Kier alpha value is -1.34. The SMILES string of the molecule is CC[N+]1(CC2=CCCCCCC2)CCC(NC(=O)Cc2cccc3occc23)CC1.[I-]. The van der Waals surface area contributed by atoms with Crippen LogP contribution in [0.15, 0.2) is 46.6 Å². The number of carbonyl (C=O) groups excluding carboxylic acids is 1. The van der Waals surface area contributed by atoms with E-state index in [4.69, 9.17) is 4.42 Å². The fraction of sp³-hybridized carbons (Fsp3) is 0.577. The first-order valence-corrected chi connectivity index (χ1v) is 11.9. The predicted octanol–water partition coefficient (Wildman–Crippen LogP) is 2.38. The molecule has 1 aliphatic heterocycles. The third-order valence-corrected chi connectivity index (χ3v) is 7.30. The van der Waals surface area contributed by atoms with Crippen LogP contribution in [-0.2, 0) is 11.2 Å². The summed E-state index contributed by atoms with van der Waals surface area (Å²) >= 11 is 0. The molecule has 0 bridgehead atoms. The van der Waals surface area contributed by atoms with Gasteiger partial charge in [0, 0.05) is 24.3 Å². The van der Waals surface area contributed by atoms with Crippen LogP contribution < -0.4 is 29.3 Å². The molecule has 0 spiro atoms. The Balaban J connectivity index is 0.00000272. The van der Waals surface area contributed by atoms with E-state index in [-0.39, 0.29) is 29.9 Å². The number of rotatable bonds is 6. The molecule has 1 aromatic carbocycles. The normalized spacial score (nSPS) is 24.5. The lowest BCUT2D eigenvalue weighted by molar-refractivity contribution is -0.927. The molecule has 31 heavy (non-hydrogen) atoms. The van der Waals surface area contributed by atoms with Gasteiger partial charge in [0.05, 0.1) is 32.3 Å². The van der Waals surface area contributed by atoms with Crippen molar-refractivity contribution in [2.45, 2.75) is 70.8 Å². The summed E-state index contributed by atoms with van der Waals surface area (Å²) in [6, 6.07) is 8.21. The highest BCUT2D eigenvalue weighted by Crippen LogP contribution is 2.26. The van der Waals surface area contributed by atoms with Gasteiger partial charge in [0.15, 0.2) is 0 Å². The van der Waals surface area contributed by atoms with E-state index in [0.717, 1.165) is 29.4 Å². The maximum absolute atomic E-state index is 12.7. The Morgan fingerprint density at radius 3 is 2.74 bits per heavy atom. The first kappa shape index (κ1) is 24.3. The number of fused-ring (bicyclic) bond motifs is 1. The van der Waals surface area contributed by atoms with Gasteiger partial charge in [0.25, 0.3) is 0 Å². The summed E-state index contributed by atoms with van der Waals surface area (Å²) in [6.45, 7) is 7.11. The monoisotopic (exact) mass is 536 g/mol. The molecule has 1 N–H and O–H groups in total. The second-order valence-electron chi connectivity index (χ2n) is 9.35. The fourth-order valence-corrected chi connectivity index (χ4v) is 5.34. The number of carbonyl (C=O) groups is 1. The smallest absolute Gasteiger partial charge is 0.224 e. The average Bonchev–Trinajstić information content (AvgIpc) is 3.21. The van der Waals surface area contributed by atoms with Crippen LogP contribution in [0.1, 0.15) is 63.9 Å². The molecule has 0 radical (unpaired) electrons. The molecule has 4 rings (SSSR count). The van der Waals surface area contributed by atoms with Gasteiger partial charge in [-0.1, -0.05) is 31.1 Å². The van der Waals surface area contributed by atoms with Crippen LogP contribution in [0, 0.1) is 0 Å². The largest absolute Gasteiger partial charge is 1.00 e. The number of hydrogen-bond donors (Lipinski definition) is 1. The standard InChI is InChI=1S/C26H36N2O2.HI/c1-2-28(20-21-9-6-4-3-5-7-10-21)16-13-23(14-17-28)27-26(29)19-22-11-8-12-25-24(22)15-18-30-25;/h8-9,11-12,15,18,23H,2-7,10,13-14,16-17,19-20H2,1H3;1H. The van der Waals surface area contributed by atoms with Crippen molar-refractivity contribution in [3.05, 3.63) is 47.7 Å². The predicted molar refractivity (Wildman–Crippen MR) is 122 cm³/mol. The van der Waals surface area contributed by atoms with Crippen LogP contribution in [-0.4, -0.2) is 42.6 Å². The van der Waals surface area contributed by atoms with E-state index in [1.807, 2.05) is 24.3 Å². The van der Waals surface area contributed by atoms with Gasteiger partial charge in [-0.05, 0) is 55.9 Å². The molecule has 5 heteroatoms. The number of piperidine rings is 1. The van der Waals surface area contributed by atoms with Crippen molar-refractivity contribution in [2.24, 2.45) is 0 Å². The lowest BCUT2D eigenvalue weighted by Gasteiger charge is -2.44. The molecule has 2 aromatic rings. The van der Waals surface area contributed by atoms with E-state index in [0.29, 0.717) is 12.5 Å². The summed E-state index contributed by atoms with van der Waals surface area (Å²) < 4.78 is 6.66. The highest BCUT2D eigenvalue weighted by Gasteiger charge is 2.33. The van der Waals surface area contributed by atoms with Gasteiger partial charge in [0.2, 0.25) is 5.91 Å². The number of likely N-dealkylation sites (N-methyl/N-ethyl adjacent to an activating group) is 1. The number of amides is 1. The average molecular weight is 536 g/mol. The fourth-order valence-electron chi connectivity index (χ4n) is 5.34. The number of allylic oxidation sites excluding steroid dienone is 1. The summed E-state index contributed by atoms with van der Waals surface area (Å²) in [7, 11) is 0. The molecular weight excluding hydrogens is 499 g/mol. The van der Waals surface area contributed by atoms with Crippen molar-refractivity contribution in [3.63, 3.8) is 0 Å². The molecule has 2 aliphatic rings. The molecule has 1 saturated heterocycles. The highest BCUT2D eigenvalue weighted by atomic mass is 127. The number of benzene rings is 1. The Morgan fingerprint density at radius 1 is 1.13 bits per heavy atom. The number of hydrogen-bond acceptors (Lipinski definition) is 2. The highest BCUT2D eigenvalue weighted by molar-refractivity contribution is 5.87. The minimum Gasteiger partial charge on any atom is -1.00 e. The second kappa shape index (κ2) is 11.5. The number of furan rings is 1. The molecule has 4 nitrogen and oxygen atoms in total. The molecule has 0 unspecified atom stereocenters. The minimum absolute atomic E-state index is 0. The second-order valence-corrected chi connectivity index (χ2v) is 9.35. The van der Waals surface area contributed by atoms with E-state index in [1.165, 1.54) is 69.2 Å². The third kappa shape index (κ3) is 6.35. The van der Waals surface area contributed by atoms with Gasteiger partial charge in [-0.15, -0.1) is 0 Å².